The number of morpholine rings is 1. The summed E-state index contributed by atoms with van der Waals surface area (Å²) in [7, 11) is 0. The zero-order chi connectivity index (χ0) is 24.3. The molecule has 1 aliphatic rings. The van der Waals surface area contributed by atoms with E-state index in [9.17, 15) is 9.59 Å². The van der Waals surface area contributed by atoms with Crippen molar-refractivity contribution in [3.05, 3.63) is 89.4 Å². The van der Waals surface area contributed by atoms with Crippen LogP contribution < -0.4 is 15.5 Å². The summed E-state index contributed by atoms with van der Waals surface area (Å²) in [5.74, 6) is 0.704. The second-order valence-corrected chi connectivity index (χ2v) is 8.00. The third-order valence-electron chi connectivity index (χ3n) is 5.40. The highest BCUT2D eigenvalue weighted by molar-refractivity contribution is 5.94. The van der Waals surface area contributed by atoms with E-state index in [-0.39, 0.29) is 18.4 Å². The van der Waals surface area contributed by atoms with Gasteiger partial charge in [-0.1, -0.05) is 12.1 Å². The summed E-state index contributed by atoms with van der Waals surface area (Å²) in [5, 5.41) is 6.74. The van der Waals surface area contributed by atoms with Gasteiger partial charge < -0.3 is 19.2 Å². The minimum Gasteiger partial charge on any atom is -0.484 e. The largest absolute Gasteiger partial charge is 0.484 e. The van der Waals surface area contributed by atoms with Gasteiger partial charge >= 0.3 is 0 Å². The molecule has 35 heavy (non-hydrogen) atoms. The van der Waals surface area contributed by atoms with Crippen LogP contribution >= 0.6 is 0 Å². The molecule has 182 valence electrons. The van der Waals surface area contributed by atoms with Crippen molar-refractivity contribution in [2.45, 2.75) is 13.1 Å². The van der Waals surface area contributed by atoms with Crippen molar-refractivity contribution in [2.24, 2.45) is 5.10 Å². The molecule has 0 bridgehead atoms. The fourth-order valence-electron chi connectivity index (χ4n) is 3.46. The van der Waals surface area contributed by atoms with Crippen molar-refractivity contribution in [3.63, 3.8) is 0 Å². The molecule has 0 atom stereocenters. The Morgan fingerprint density at radius 1 is 1.03 bits per heavy atom. The van der Waals surface area contributed by atoms with Crippen molar-refractivity contribution >= 4 is 18.0 Å². The van der Waals surface area contributed by atoms with Crippen molar-refractivity contribution in [1.82, 2.24) is 15.6 Å². The molecule has 4 rings (SSSR count). The zero-order valence-corrected chi connectivity index (χ0v) is 19.3. The number of amides is 2. The molecule has 0 aliphatic carbocycles. The molecule has 9 heteroatoms. The van der Waals surface area contributed by atoms with Gasteiger partial charge in [-0.3, -0.25) is 14.5 Å². The minimum atomic E-state index is -0.278. The van der Waals surface area contributed by atoms with E-state index < -0.39 is 0 Å². The molecule has 2 amide bonds. The summed E-state index contributed by atoms with van der Waals surface area (Å²) in [5.41, 5.74) is 5.02. The maximum Gasteiger partial charge on any atom is 0.271 e. The van der Waals surface area contributed by atoms with Crippen LogP contribution in [0.15, 0.2) is 76.4 Å². The molecule has 1 aromatic heterocycles. The highest BCUT2D eigenvalue weighted by atomic mass is 16.5. The topological polar surface area (TPSA) is 105 Å². The summed E-state index contributed by atoms with van der Waals surface area (Å²) < 4.78 is 16.0. The number of rotatable bonds is 10. The van der Waals surface area contributed by atoms with Gasteiger partial charge in [0.25, 0.3) is 11.8 Å². The van der Waals surface area contributed by atoms with Crippen LogP contribution in [0.1, 0.15) is 27.2 Å². The average Bonchev–Trinajstić information content (AvgIpc) is 3.42. The normalized spacial score (nSPS) is 14.1. The molecule has 1 aliphatic heterocycles. The van der Waals surface area contributed by atoms with Gasteiger partial charge in [0.15, 0.2) is 6.61 Å². The van der Waals surface area contributed by atoms with Crippen molar-refractivity contribution in [1.29, 1.82) is 0 Å². The van der Waals surface area contributed by atoms with E-state index in [4.69, 9.17) is 13.9 Å². The first-order valence-corrected chi connectivity index (χ1v) is 11.4. The van der Waals surface area contributed by atoms with Gasteiger partial charge in [0.1, 0.15) is 11.5 Å². The lowest BCUT2D eigenvalue weighted by molar-refractivity contribution is -0.123. The van der Waals surface area contributed by atoms with E-state index in [2.05, 4.69) is 20.7 Å². The van der Waals surface area contributed by atoms with E-state index in [0.717, 1.165) is 44.0 Å². The van der Waals surface area contributed by atoms with Crippen molar-refractivity contribution < 1.29 is 23.5 Å². The standard InChI is InChI=1S/C26H28N4O5/c31-25(27-17-24-2-1-13-34-24)19-35-23-9-5-20(6-10-23)16-28-29-26(32)22-7-3-21(4-8-22)18-30-11-14-33-15-12-30/h1-10,13,16H,11-12,14-15,17-19H2,(H,27,31)(H,29,32)/b28-16-. The van der Waals surface area contributed by atoms with E-state index >= 15 is 0 Å². The molecule has 1 saturated heterocycles. The molecule has 0 saturated carbocycles. The Labute approximate surface area is 203 Å². The molecular weight excluding hydrogens is 448 g/mol. The quantitative estimate of drug-likeness (QED) is 0.344. The van der Waals surface area contributed by atoms with Crippen LogP contribution in [0.4, 0.5) is 0 Å². The van der Waals surface area contributed by atoms with Crippen LogP contribution in [0.5, 0.6) is 5.75 Å². The van der Waals surface area contributed by atoms with Crippen LogP contribution in [0, 0.1) is 0 Å². The summed E-state index contributed by atoms with van der Waals surface area (Å²) in [4.78, 5) is 26.5. The Bertz CT molecular complexity index is 1110. The van der Waals surface area contributed by atoms with E-state index in [0.29, 0.717) is 23.6 Å². The fourth-order valence-corrected chi connectivity index (χ4v) is 3.46. The first-order chi connectivity index (χ1) is 17.2. The van der Waals surface area contributed by atoms with E-state index in [1.165, 1.54) is 0 Å². The summed E-state index contributed by atoms with van der Waals surface area (Å²) >= 11 is 0. The highest BCUT2D eigenvalue weighted by Gasteiger charge is 2.11. The van der Waals surface area contributed by atoms with Crippen LogP contribution in [-0.4, -0.2) is 55.8 Å². The number of nitrogens with one attached hydrogen (secondary N) is 2. The predicted molar refractivity (Wildman–Crippen MR) is 130 cm³/mol. The van der Waals surface area contributed by atoms with Gasteiger partial charge in [0, 0.05) is 25.2 Å². The number of carbonyl (C=O) groups is 2. The SMILES string of the molecule is O=C(COc1ccc(/C=N\NC(=O)c2ccc(CN3CCOCC3)cc2)cc1)NCc1ccco1. The Balaban J connectivity index is 1.18. The zero-order valence-electron chi connectivity index (χ0n) is 19.3. The number of nitrogens with zero attached hydrogens (tertiary/aromatic N) is 2. The van der Waals surface area contributed by atoms with Gasteiger partial charge in [0.05, 0.1) is 32.2 Å². The summed E-state index contributed by atoms with van der Waals surface area (Å²) in [6.45, 7) is 4.43. The van der Waals surface area contributed by atoms with Crippen LogP contribution in [0.2, 0.25) is 0 Å². The molecule has 2 heterocycles. The van der Waals surface area contributed by atoms with Crippen LogP contribution in [0.3, 0.4) is 0 Å². The van der Waals surface area contributed by atoms with E-state index in [1.54, 1.807) is 61.0 Å². The lowest BCUT2D eigenvalue weighted by atomic mass is 10.1. The molecule has 2 N–H and O–H groups in total. The molecule has 9 nitrogen and oxygen atoms in total. The minimum absolute atomic E-state index is 0.102. The van der Waals surface area contributed by atoms with Gasteiger partial charge in [-0.2, -0.15) is 5.10 Å². The highest BCUT2D eigenvalue weighted by Crippen LogP contribution is 2.12. The van der Waals surface area contributed by atoms with Gasteiger partial charge in [0.2, 0.25) is 0 Å². The van der Waals surface area contributed by atoms with Gasteiger partial charge in [-0.05, 0) is 59.7 Å². The third kappa shape index (κ3) is 7.80. The van der Waals surface area contributed by atoms with E-state index in [1.807, 2.05) is 12.1 Å². The third-order valence-corrected chi connectivity index (χ3v) is 5.40. The number of carbonyl (C=O) groups excluding carboxylic acids is 2. The lowest BCUT2D eigenvalue weighted by Gasteiger charge is -2.26. The molecule has 0 unspecified atom stereocenters. The molecule has 3 aromatic rings. The second-order valence-electron chi connectivity index (χ2n) is 8.00. The fraction of sp³-hybridized carbons (Fsp3) is 0.269. The number of benzene rings is 2. The predicted octanol–water partition coefficient (Wildman–Crippen LogP) is 2.57. The Morgan fingerprint density at radius 2 is 1.80 bits per heavy atom. The average molecular weight is 477 g/mol. The Kier molecular flexibility index (Phi) is 8.63. The first kappa shape index (κ1) is 24.2. The molecular formula is C26H28N4O5. The molecule has 0 radical (unpaired) electrons. The number of hydrogen-bond acceptors (Lipinski definition) is 7. The number of hydrogen-bond donors (Lipinski definition) is 2. The summed E-state index contributed by atoms with van der Waals surface area (Å²) in [6.07, 6.45) is 3.10. The number of furan rings is 1. The maximum atomic E-state index is 12.4. The second kappa shape index (κ2) is 12.5. The summed E-state index contributed by atoms with van der Waals surface area (Å²) in [6, 6.07) is 18.1. The molecule has 0 spiro atoms. The molecule has 2 aromatic carbocycles. The Morgan fingerprint density at radius 3 is 2.51 bits per heavy atom. The van der Waals surface area contributed by atoms with Crippen molar-refractivity contribution in [2.75, 3.05) is 32.9 Å². The number of ether oxygens (including phenoxy) is 2. The van der Waals surface area contributed by atoms with Crippen LogP contribution in [-0.2, 0) is 22.6 Å². The molecule has 1 fully saturated rings. The Hall–Kier alpha value is -3.95. The maximum absolute atomic E-state index is 12.4. The van der Waals surface area contributed by atoms with Crippen molar-refractivity contribution in [3.8, 4) is 5.75 Å². The van der Waals surface area contributed by atoms with Gasteiger partial charge in [-0.15, -0.1) is 0 Å². The number of hydrazone groups is 1. The monoisotopic (exact) mass is 476 g/mol. The lowest BCUT2D eigenvalue weighted by Crippen LogP contribution is -2.35. The van der Waals surface area contributed by atoms with Gasteiger partial charge in [-0.25, -0.2) is 5.43 Å². The first-order valence-electron chi connectivity index (χ1n) is 11.4. The van der Waals surface area contributed by atoms with Crippen LogP contribution in [0.25, 0.3) is 0 Å². The smallest absolute Gasteiger partial charge is 0.271 e.